The highest BCUT2D eigenvalue weighted by Crippen LogP contribution is 2.08. The van der Waals surface area contributed by atoms with Crippen LogP contribution < -0.4 is 10.6 Å². The number of guanidine groups is 1. The van der Waals surface area contributed by atoms with Crippen molar-refractivity contribution in [1.82, 2.24) is 20.4 Å². The van der Waals surface area contributed by atoms with Crippen molar-refractivity contribution in [2.45, 2.75) is 33.2 Å². The molecule has 1 aromatic carbocycles. The normalized spacial score (nSPS) is 11.5. The third kappa shape index (κ3) is 6.97. The Morgan fingerprint density at radius 1 is 1.16 bits per heavy atom. The molecule has 2 N–H and O–H groups in total. The molecular weight excluding hydrogens is 314 g/mol. The summed E-state index contributed by atoms with van der Waals surface area (Å²) in [4.78, 5) is 4.63. The van der Waals surface area contributed by atoms with Crippen molar-refractivity contribution in [2.75, 3.05) is 26.3 Å². The van der Waals surface area contributed by atoms with Crippen molar-refractivity contribution in [3.63, 3.8) is 0 Å². The first-order chi connectivity index (χ1) is 12.3. The molecule has 0 bridgehead atoms. The molecule has 0 amide bonds. The predicted octanol–water partition coefficient (Wildman–Crippen LogP) is 2.74. The number of benzene rings is 1. The molecule has 6 nitrogen and oxygen atoms in total. The van der Waals surface area contributed by atoms with Gasteiger partial charge in [0.2, 0.25) is 0 Å². The number of para-hydroxylation sites is 1. The van der Waals surface area contributed by atoms with Crippen LogP contribution in [-0.4, -0.2) is 42.0 Å². The topological polar surface area (TPSA) is 63.5 Å². The maximum atomic E-state index is 5.35. The number of nitrogens with one attached hydrogen (secondary N) is 2. The lowest BCUT2D eigenvalue weighted by Gasteiger charge is -2.10. The van der Waals surface area contributed by atoms with Crippen LogP contribution in [0.5, 0.6) is 0 Å². The maximum Gasteiger partial charge on any atom is 0.191 e. The molecule has 0 spiro atoms. The highest BCUT2D eigenvalue weighted by molar-refractivity contribution is 5.79. The Kier molecular flexibility index (Phi) is 8.55. The van der Waals surface area contributed by atoms with Crippen LogP contribution in [0.25, 0.3) is 5.69 Å². The van der Waals surface area contributed by atoms with E-state index in [4.69, 9.17) is 4.74 Å². The summed E-state index contributed by atoms with van der Waals surface area (Å²) < 4.78 is 7.22. The Bertz CT molecular complexity index is 624. The molecule has 6 heteroatoms. The first-order valence-electron chi connectivity index (χ1n) is 9.02. The van der Waals surface area contributed by atoms with Gasteiger partial charge in [-0.25, -0.2) is 9.67 Å². The Morgan fingerprint density at radius 2 is 2.00 bits per heavy atom. The zero-order valence-electron chi connectivity index (χ0n) is 15.2. The quantitative estimate of drug-likeness (QED) is 0.396. The minimum atomic E-state index is 0.598. The van der Waals surface area contributed by atoms with Crippen molar-refractivity contribution in [3.05, 3.63) is 48.3 Å². The lowest BCUT2D eigenvalue weighted by molar-refractivity contribution is 0.143. The van der Waals surface area contributed by atoms with Crippen LogP contribution in [0.4, 0.5) is 0 Å². The minimum absolute atomic E-state index is 0.598. The van der Waals surface area contributed by atoms with Gasteiger partial charge in [-0.15, -0.1) is 0 Å². The van der Waals surface area contributed by atoms with Crippen molar-refractivity contribution in [3.8, 4) is 5.69 Å². The van der Waals surface area contributed by atoms with E-state index in [1.54, 1.807) is 0 Å². The highest BCUT2D eigenvalue weighted by atomic mass is 16.5. The zero-order chi connectivity index (χ0) is 17.7. The molecule has 0 radical (unpaired) electrons. The van der Waals surface area contributed by atoms with Crippen LogP contribution in [0.2, 0.25) is 0 Å². The second-order valence-corrected chi connectivity index (χ2v) is 5.65. The third-order valence-electron chi connectivity index (χ3n) is 3.63. The fourth-order valence-electron chi connectivity index (χ4n) is 2.36. The van der Waals surface area contributed by atoms with Crippen LogP contribution >= 0.6 is 0 Å². The molecule has 0 aliphatic rings. The van der Waals surface area contributed by atoms with Crippen molar-refractivity contribution in [2.24, 2.45) is 4.99 Å². The summed E-state index contributed by atoms with van der Waals surface area (Å²) in [6.45, 7) is 8.03. The number of unbranched alkanes of at least 4 members (excludes halogenated alkanes) is 1. The van der Waals surface area contributed by atoms with Gasteiger partial charge in [0.05, 0.1) is 18.4 Å². The monoisotopic (exact) mass is 343 g/mol. The van der Waals surface area contributed by atoms with Gasteiger partial charge in [-0.2, -0.15) is 5.10 Å². The molecule has 1 aromatic heterocycles. The first-order valence-corrected chi connectivity index (χ1v) is 9.02. The predicted molar refractivity (Wildman–Crippen MR) is 102 cm³/mol. The van der Waals surface area contributed by atoms with Gasteiger partial charge in [-0.05, 0) is 38.8 Å². The first kappa shape index (κ1) is 19.0. The number of hydrogen-bond acceptors (Lipinski definition) is 3. The summed E-state index contributed by atoms with van der Waals surface area (Å²) in [7, 11) is 0. The van der Waals surface area contributed by atoms with Gasteiger partial charge in [0.15, 0.2) is 5.96 Å². The number of nitrogens with zero attached hydrogens (tertiary/aromatic N) is 3. The number of hydrogen-bond donors (Lipinski definition) is 2. The van der Waals surface area contributed by atoms with Crippen LogP contribution in [0.1, 0.15) is 32.3 Å². The van der Waals surface area contributed by atoms with Gasteiger partial charge in [-0.3, -0.25) is 0 Å². The maximum absolute atomic E-state index is 5.35. The van der Waals surface area contributed by atoms with E-state index in [9.17, 15) is 0 Å². The molecule has 0 saturated carbocycles. The van der Waals surface area contributed by atoms with Crippen molar-refractivity contribution < 1.29 is 4.74 Å². The van der Waals surface area contributed by atoms with E-state index in [0.29, 0.717) is 6.54 Å². The second kappa shape index (κ2) is 11.3. The molecular formula is C19H29N5O. The number of rotatable bonds is 10. The fourth-order valence-corrected chi connectivity index (χ4v) is 2.36. The van der Waals surface area contributed by atoms with Crippen LogP contribution in [0.3, 0.4) is 0 Å². The molecule has 0 atom stereocenters. The van der Waals surface area contributed by atoms with Crippen molar-refractivity contribution >= 4 is 5.96 Å². The SMILES string of the molecule is CCNC(=NCc1cnn(-c2ccccc2)c1)NCCCCOCC. The number of ether oxygens (including phenoxy) is 1. The largest absolute Gasteiger partial charge is 0.382 e. The number of aromatic nitrogens is 2. The van der Waals surface area contributed by atoms with E-state index in [1.807, 2.05) is 54.3 Å². The molecule has 25 heavy (non-hydrogen) atoms. The van der Waals surface area contributed by atoms with Gasteiger partial charge < -0.3 is 15.4 Å². The average Bonchev–Trinajstić information content (AvgIpc) is 3.12. The smallest absolute Gasteiger partial charge is 0.191 e. The van der Waals surface area contributed by atoms with E-state index < -0.39 is 0 Å². The molecule has 1 heterocycles. The Balaban J connectivity index is 1.83. The van der Waals surface area contributed by atoms with Crippen molar-refractivity contribution in [1.29, 1.82) is 0 Å². The minimum Gasteiger partial charge on any atom is -0.382 e. The molecule has 0 aliphatic carbocycles. The summed E-state index contributed by atoms with van der Waals surface area (Å²) in [6, 6.07) is 10.1. The Hall–Kier alpha value is -2.34. The van der Waals surface area contributed by atoms with E-state index in [1.165, 1.54) is 0 Å². The molecule has 0 fully saturated rings. The Labute approximate surface area is 150 Å². The summed E-state index contributed by atoms with van der Waals surface area (Å²) in [6.07, 6.45) is 6.01. The second-order valence-electron chi connectivity index (χ2n) is 5.65. The lowest BCUT2D eigenvalue weighted by atomic mass is 10.3. The standard InChI is InChI=1S/C19H29N5O/c1-3-20-19(21-12-8-9-13-25-4-2)22-14-17-15-23-24(16-17)18-10-6-5-7-11-18/h5-7,10-11,15-16H,3-4,8-9,12-14H2,1-2H3,(H2,20,21,22). The van der Waals surface area contributed by atoms with Gasteiger partial charge >= 0.3 is 0 Å². The molecule has 136 valence electrons. The zero-order valence-corrected chi connectivity index (χ0v) is 15.2. The summed E-state index contributed by atoms with van der Waals surface area (Å²) in [5.41, 5.74) is 2.13. The van der Waals surface area contributed by atoms with E-state index in [2.05, 4.69) is 27.6 Å². The van der Waals surface area contributed by atoms with Gasteiger partial charge in [0.1, 0.15) is 0 Å². The summed E-state index contributed by atoms with van der Waals surface area (Å²) >= 11 is 0. The Morgan fingerprint density at radius 3 is 2.76 bits per heavy atom. The summed E-state index contributed by atoms with van der Waals surface area (Å²) in [5.74, 6) is 0.839. The summed E-state index contributed by atoms with van der Waals surface area (Å²) in [5, 5.41) is 11.0. The molecule has 2 rings (SSSR count). The van der Waals surface area contributed by atoms with Gasteiger partial charge in [0, 0.05) is 38.1 Å². The van der Waals surface area contributed by atoms with Crippen LogP contribution in [-0.2, 0) is 11.3 Å². The molecule has 0 saturated heterocycles. The number of aliphatic imine (C=N–C) groups is 1. The van der Waals surface area contributed by atoms with Crippen LogP contribution in [0.15, 0.2) is 47.7 Å². The van der Waals surface area contributed by atoms with E-state index in [-0.39, 0.29) is 0 Å². The van der Waals surface area contributed by atoms with E-state index >= 15 is 0 Å². The average molecular weight is 343 g/mol. The van der Waals surface area contributed by atoms with Gasteiger partial charge in [-0.1, -0.05) is 18.2 Å². The van der Waals surface area contributed by atoms with E-state index in [0.717, 1.165) is 56.4 Å². The highest BCUT2D eigenvalue weighted by Gasteiger charge is 2.01. The molecule has 0 unspecified atom stereocenters. The van der Waals surface area contributed by atoms with Crippen LogP contribution in [0, 0.1) is 0 Å². The third-order valence-corrected chi connectivity index (χ3v) is 3.63. The molecule has 0 aliphatic heterocycles. The van der Waals surface area contributed by atoms with Gasteiger partial charge in [0.25, 0.3) is 0 Å². The fraction of sp³-hybridized carbons (Fsp3) is 0.474. The lowest BCUT2D eigenvalue weighted by Crippen LogP contribution is -2.37. The molecule has 2 aromatic rings.